The van der Waals surface area contributed by atoms with Crippen LogP contribution in [-0.4, -0.2) is 75.2 Å². The summed E-state index contributed by atoms with van der Waals surface area (Å²) in [6.07, 6.45) is 2.55. The van der Waals surface area contributed by atoms with Crippen LogP contribution in [0.5, 0.6) is 5.88 Å². The molecule has 11 heteroatoms. The van der Waals surface area contributed by atoms with Crippen molar-refractivity contribution >= 4 is 38.2 Å². The molecule has 39 heavy (non-hydrogen) atoms. The zero-order chi connectivity index (χ0) is 27.8. The highest BCUT2D eigenvalue weighted by atomic mass is 32.2. The van der Waals surface area contributed by atoms with Crippen LogP contribution in [0.4, 0.5) is 11.4 Å². The number of carbonyl (C=O) groups excluding carboxylic acids is 1. The van der Waals surface area contributed by atoms with Gasteiger partial charge in [0, 0.05) is 37.4 Å². The molecule has 2 aliphatic heterocycles. The number of ether oxygens (including phenoxy) is 3. The second kappa shape index (κ2) is 10.7. The molecule has 0 bridgehead atoms. The fourth-order valence-electron chi connectivity index (χ4n) is 5.21. The van der Waals surface area contributed by atoms with Gasteiger partial charge < -0.3 is 24.4 Å². The number of hydrogen-bond acceptors (Lipinski definition) is 9. The number of nitrogens with one attached hydrogen (secondary N) is 1. The van der Waals surface area contributed by atoms with Crippen molar-refractivity contribution in [2.45, 2.75) is 31.4 Å². The number of hydrogen-bond donors (Lipinski definition) is 1. The maximum Gasteiger partial charge on any atom is 0.225 e. The maximum atomic E-state index is 13.1. The van der Waals surface area contributed by atoms with Crippen LogP contribution in [-0.2, 0) is 29.7 Å². The molecule has 208 valence electrons. The van der Waals surface area contributed by atoms with E-state index in [-0.39, 0.29) is 29.4 Å². The third kappa shape index (κ3) is 5.30. The van der Waals surface area contributed by atoms with Gasteiger partial charge in [-0.15, -0.1) is 0 Å². The minimum atomic E-state index is -3.01. The van der Waals surface area contributed by atoms with Crippen molar-refractivity contribution in [2.75, 3.05) is 51.3 Å². The number of benzene rings is 1. The van der Waals surface area contributed by atoms with E-state index in [9.17, 15) is 13.2 Å². The molecule has 2 fully saturated rings. The quantitative estimate of drug-likeness (QED) is 0.445. The zero-order valence-corrected chi connectivity index (χ0v) is 23.5. The van der Waals surface area contributed by atoms with E-state index in [2.05, 4.69) is 15.3 Å². The van der Waals surface area contributed by atoms with Crippen LogP contribution in [0.2, 0.25) is 0 Å². The molecule has 2 aliphatic rings. The maximum absolute atomic E-state index is 13.1. The molecule has 10 nitrogen and oxygen atoms in total. The molecule has 0 spiro atoms. The Hall–Kier alpha value is -3.28. The van der Waals surface area contributed by atoms with Crippen LogP contribution in [0.3, 0.4) is 0 Å². The van der Waals surface area contributed by atoms with Gasteiger partial charge in [0.25, 0.3) is 0 Å². The number of rotatable bonds is 8. The van der Waals surface area contributed by atoms with Crippen LogP contribution in [0.1, 0.15) is 36.9 Å². The Morgan fingerprint density at radius 1 is 1.13 bits per heavy atom. The van der Waals surface area contributed by atoms with Crippen molar-refractivity contribution in [3.8, 4) is 5.88 Å². The SMILES string of the molecule is COc1ccc2ncc(Nc3ccc([C@@H](C)N(C)C(=O)C4CCS(=O)(=O)CC4)cc3)c(C3(OC)COC3)c2n1. The molecule has 2 saturated heterocycles. The summed E-state index contributed by atoms with van der Waals surface area (Å²) in [6, 6.07) is 11.4. The Kier molecular flexibility index (Phi) is 7.49. The number of aromatic nitrogens is 2. The number of carbonyl (C=O) groups is 1. The summed E-state index contributed by atoms with van der Waals surface area (Å²) in [6.45, 7) is 2.78. The van der Waals surface area contributed by atoms with Crippen LogP contribution in [0, 0.1) is 5.92 Å². The van der Waals surface area contributed by atoms with Gasteiger partial charge in [-0.05, 0) is 43.5 Å². The topological polar surface area (TPSA) is 120 Å². The normalized spacial score (nSPS) is 19.2. The van der Waals surface area contributed by atoms with Gasteiger partial charge in [0.05, 0.1) is 55.3 Å². The van der Waals surface area contributed by atoms with E-state index in [4.69, 9.17) is 14.2 Å². The molecule has 0 unspecified atom stereocenters. The number of sulfone groups is 1. The Morgan fingerprint density at radius 2 is 1.82 bits per heavy atom. The summed E-state index contributed by atoms with van der Waals surface area (Å²) in [5.74, 6) is 0.381. The van der Waals surface area contributed by atoms with E-state index in [1.54, 1.807) is 38.4 Å². The average molecular weight is 555 g/mol. The predicted octanol–water partition coefficient (Wildman–Crippen LogP) is 3.60. The van der Waals surface area contributed by atoms with Crippen LogP contribution >= 0.6 is 0 Å². The molecule has 1 amide bonds. The van der Waals surface area contributed by atoms with Gasteiger partial charge >= 0.3 is 0 Å². The Bertz CT molecular complexity index is 1450. The molecule has 1 atom stereocenters. The first kappa shape index (κ1) is 27.3. The fourth-order valence-corrected chi connectivity index (χ4v) is 6.70. The van der Waals surface area contributed by atoms with Gasteiger partial charge in [-0.25, -0.2) is 13.4 Å². The van der Waals surface area contributed by atoms with E-state index in [0.29, 0.717) is 37.5 Å². The molecule has 2 aromatic heterocycles. The lowest BCUT2D eigenvalue weighted by Gasteiger charge is -2.41. The number of anilines is 2. The minimum Gasteiger partial charge on any atom is -0.481 e. The van der Waals surface area contributed by atoms with E-state index < -0.39 is 15.4 Å². The highest BCUT2D eigenvalue weighted by Crippen LogP contribution is 2.42. The van der Waals surface area contributed by atoms with Gasteiger partial charge in [-0.1, -0.05) is 12.1 Å². The molecule has 5 rings (SSSR count). The second-order valence-corrected chi connectivity index (χ2v) is 12.6. The Morgan fingerprint density at radius 3 is 2.41 bits per heavy atom. The third-order valence-electron chi connectivity index (χ3n) is 7.92. The van der Waals surface area contributed by atoms with Crippen molar-refractivity contribution in [1.82, 2.24) is 14.9 Å². The number of methoxy groups -OCH3 is 2. The van der Waals surface area contributed by atoms with Crippen molar-refractivity contribution in [3.05, 3.63) is 53.7 Å². The van der Waals surface area contributed by atoms with Crippen LogP contribution in [0.15, 0.2) is 42.6 Å². The van der Waals surface area contributed by atoms with E-state index >= 15 is 0 Å². The Labute approximate surface area is 228 Å². The lowest BCUT2D eigenvalue weighted by atomic mass is 9.89. The van der Waals surface area contributed by atoms with Gasteiger partial charge in [0.1, 0.15) is 21.0 Å². The van der Waals surface area contributed by atoms with Crippen molar-refractivity contribution < 1.29 is 27.4 Å². The molecule has 0 saturated carbocycles. The lowest BCUT2D eigenvalue weighted by Crippen LogP contribution is -2.48. The molecular weight excluding hydrogens is 520 g/mol. The summed E-state index contributed by atoms with van der Waals surface area (Å²) in [5, 5.41) is 3.47. The first-order valence-corrected chi connectivity index (χ1v) is 14.8. The summed E-state index contributed by atoms with van der Waals surface area (Å²) in [7, 11) is 2.01. The molecule has 0 radical (unpaired) electrons. The van der Waals surface area contributed by atoms with Gasteiger partial charge in [-0.3, -0.25) is 9.78 Å². The summed E-state index contributed by atoms with van der Waals surface area (Å²) in [5.41, 5.74) is 4.19. The fraction of sp³-hybridized carbons (Fsp3) is 0.464. The predicted molar refractivity (Wildman–Crippen MR) is 148 cm³/mol. The van der Waals surface area contributed by atoms with Crippen LogP contribution in [0.25, 0.3) is 11.0 Å². The number of amides is 1. The largest absolute Gasteiger partial charge is 0.481 e. The lowest BCUT2D eigenvalue weighted by molar-refractivity contribution is -0.201. The zero-order valence-electron chi connectivity index (χ0n) is 22.6. The summed E-state index contributed by atoms with van der Waals surface area (Å²) < 4.78 is 40.4. The van der Waals surface area contributed by atoms with Gasteiger partial charge in [0.15, 0.2) is 0 Å². The molecule has 1 aromatic carbocycles. The number of fused-ring (bicyclic) bond motifs is 1. The molecule has 4 heterocycles. The highest BCUT2D eigenvalue weighted by molar-refractivity contribution is 7.91. The first-order chi connectivity index (χ1) is 18.7. The third-order valence-corrected chi connectivity index (χ3v) is 9.63. The minimum absolute atomic E-state index is 0.0120. The smallest absolute Gasteiger partial charge is 0.225 e. The monoisotopic (exact) mass is 554 g/mol. The first-order valence-electron chi connectivity index (χ1n) is 13.0. The Balaban J connectivity index is 1.37. The number of nitrogens with zero attached hydrogens (tertiary/aromatic N) is 3. The molecule has 1 N–H and O–H groups in total. The van der Waals surface area contributed by atoms with E-state index in [0.717, 1.165) is 28.0 Å². The van der Waals surface area contributed by atoms with E-state index in [1.165, 1.54) is 0 Å². The van der Waals surface area contributed by atoms with Crippen molar-refractivity contribution in [2.24, 2.45) is 5.92 Å². The average Bonchev–Trinajstić information content (AvgIpc) is 2.92. The van der Waals surface area contributed by atoms with Crippen molar-refractivity contribution in [3.63, 3.8) is 0 Å². The van der Waals surface area contributed by atoms with Gasteiger partial charge in [-0.2, -0.15) is 0 Å². The van der Waals surface area contributed by atoms with E-state index in [1.807, 2.05) is 37.3 Å². The molecule has 3 aromatic rings. The highest BCUT2D eigenvalue weighted by Gasteiger charge is 2.44. The number of pyridine rings is 2. The van der Waals surface area contributed by atoms with Crippen molar-refractivity contribution in [1.29, 1.82) is 0 Å². The van der Waals surface area contributed by atoms with Crippen LogP contribution < -0.4 is 10.1 Å². The summed E-state index contributed by atoms with van der Waals surface area (Å²) in [4.78, 5) is 24.1. The molecular formula is C28H34N4O6S. The second-order valence-electron chi connectivity index (χ2n) is 10.3. The molecule has 0 aliphatic carbocycles. The standard InChI is InChI=1S/C28H34N4O6S/c1-18(32(2)27(33)20-11-13-39(34,35)14-12-20)19-5-7-21(8-6-19)30-23-15-29-22-9-10-24(36-3)31-26(22)25(23)28(37-4)16-38-17-28/h5-10,15,18,20,30H,11-14,16-17H2,1-4H3/t18-/m1/s1. The van der Waals surface area contributed by atoms with Gasteiger partial charge in [0.2, 0.25) is 11.8 Å². The summed E-state index contributed by atoms with van der Waals surface area (Å²) >= 11 is 0.